The summed E-state index contributed by atoms with van der Waals surface area (Å²) in [4.78, 5) is 33.6. The van der Waals surface area contributed by atoms with Gasteiger partial charge in [-0.3, -0.25) is 9.69 Å². The molecule has 2 atom stereocenters. The summed E-state index contributed by atoms with van der Waals surface area (Å²) in [5.74, 6) is 1.20. The molecule has 4 aromatic rings. The average Bonchev–Trinajstić information content (AvgIpc) is 3.44. The summed E-state index contributed by atoms with van der Waals surface area (Å²) in [5.41, 5.74) is 7.87. The molecule has 2 aliphatic rings. The minimum Gasteiger partial charge on any atom is -0.457 e. The van der Waals surface area contributed by atoms with E-state index < -0.39 is 0 Å². The number of carbonyl (C=O) groups excluding carboxylic acids is 2. The van der Waals surface area contributed by atoms with Crippen LogP contribution in [0.4, 0.5) is 21.9 Å². The second kappa shape index (κ2) is 8.68. The number of thiophene rings is 1. The molecular weight excluding hydrogens is 462 g/mol. The quantitative estimate of drug-likeness (QED) is 0.352. The van der Waals surface area contributed by atoms with Crippen LogP contribution in [0.2, 0.25) is 0 Å². The number of hydrogen-bond donors (Lipinski definition) is 3. The standard InChI is InChI=1S/C26H23N5O3S/c27-15-6-7-16(14-15)29-24(32)23-22-21-20(12-13-28-25(21)35-23)31(26(33)30-22)17-8-10-19(11-9-17)34-18-4-2-1-3-5-18/h1-5,8-13,15-16H,6-7,14,27H2,(H,29,32)(H,30,33)/t15-,16+/m1/s1. The Morgan fingerprint density at radius 1 is 1.09 bits per heavy atom. The molecule has 0 unspecified atom stereocenters. The predicted molar refractivity (Wildman–Crippen MR) is 137 cm³/mol. The Morgan fingerprint density at radius 3 is 2.60 bits per heavy atom. The maximum atomic E-state index is 13.3. The number of nitrogens with zero attached hydrogens (tertiary/aromatic N) is 2. The van der Waals surface area contributed by atoms with Gasteiger partial charge in [-0.2, -0.15) is 0 Å². The number of rotatable bonds is 5. The van der Waals surface area contributed by atoms with Crippen molar-refractivity contribution in [2.75, 3.05) is 10.2 Å². The number of carbonyl (C=O) groups is 2. The highest BCUT2D eigenvalue weighted by Gasteiger charge is 2.33. The molecule has 3 heterocycles. The lowest BCUT2D eigenvalue weighted by Gasteiger charge is -2.28. The first-order valence-electron chi connectivity index (χ1n) is 11.5. The lowest BCUT2D eigenvalue weighted by atomic mass is 10.1. The van der Waals surface area contributed by atoms with Crippen LogP contribution in [0.1, 0.15) is 28.9 Å². The fourth-order valence-corrected chi connectivity index (χ4v) is 5.71. The molecular formula is C26H23N5O3S. The third kappa shape index (κ3) is 3.98. The van der Waals surface area contributed by atoms with Gasteiger partial charge in [-0.05, 0) is 61.7 Å². The van der Waals surface area contributed by atoms with Crippen LogP contribution < -0.4 is 26.0 Å². The molecule has 9 heteroatoms. The van der Waals surface area contributed by atoms with E-state index in [1.807, 2.05) is 54.6 Å². The maximum absolute atomic E-state index is 13.3. The zero-order valence-electron chi connectivity index (χ0n) is 18.7. The number of nitrogens with one attached hydrogen (secondary N) is 2. The predicted octanol–water partition coefficient (Wildman–Crippen LogP) is 5.38. The summed E-state index contributed by atoms with van der Waals surface area (Å²) < 4.78 is 5.87. The Morgan fingerprint density at radius 2 is 1.86 bits per heavy atom. The number of nitrogens with two attached hydrogens (primary N) is 1. The first-order valence-corrected chi connectivity index (χ1v) is 12.3. The van der Waals surface area contributed by atoms with Gasteiger partial charge in [-0.15, -0.1) is 11.3 Å². The van der Waals surface area contributed by atoms with E-state index in [9.17, 15) is 9.59 Å². The first kappa shape index (κ1) is 21.6. The molecule has 3 amide bonds. The normalized spacial score (nSPS) is 19.0. The molecule has 8 nitrogen and oxygen atoms in total. The molecule has 0 radical (unpaired) electrons. The van der Waals surface area contributed by atoms with Crippen molar-refractivity contribution in [1.29, 1.82) is 0 Å². The Balaban J connectivity index is 1.31. The van der Waals surface area contributed by atoms with Crippen LogP contribution in [0.25, 0.3) is 10.2 Å². The number of hydrogen-bond acceptors (Lipinski definition) is 6. The largest absolute Gasteiger partial charge is 0.457 e. The number of ether oxygens (including phenoxy) is 1. The number of amides is 3. The van der Waals surface area contributed by atoms with Gasteiger partial charge in [0, 0.05) is 18.3 Å². The van der Waals surface area contributed by atoms with E-state index in [4.69, 9.17) is 10.5 Å². The number of anilines is 3. The van der Waals surface area contributed by atoms with Crippen LogP contribution in [0.3, 0.4) is 0 Å². The van der Waals surface area contributed by atoms with Gasteiger partial charge < -0.3 is 21.1 Å². The molecule has 176 valence electrons. The van der Waals surface area contributed by atoms with Crippen molar-refractivity contribution in [3.05, 3.63) is 71.7 Å². The zero-order chi connectivity index (χ0) is 23.9. The molecule has 6 rings (SSSR count). The molecule has 1 aliphatic carbocycles. The van der Waals surface area contributed by atoms with E-state index in [1.54, 1.807) is 17.2 Å². The second-order valence-electron chi connectivity index (χ2n) is 8.73. The van der Waals surface area contributed by atoms with Gasteiger partial charge >= 0.3 is 6.03 Å². The second-order valence-corrected chi connectivity index (χ2v) is 9.73. The lowest BCUT2D eigenvalue weighted by molar-refractivity contribution is 0.0942. The van der Waals surface area contributed by atoms with Crippen LogP contribution in [0.5, 0.6) is 11.5 Å². The van der Waals surface area contributed by atoms with Crippen molar-refractivity contribution in [2.45, 2.75) is 31.3 Å². The Bertz CT molecular complexity index is 1420. The molecule has 4 N–H and O–H groups in total. The van der Waals surface area contributed by atoms with Gasteiger partial charge in [0.15, 0.2) is 0 Å². The highest BCUT2D eigenvalue weighted by atomic mass is 32.1. The van der Waals surface area contributed by atoms with E-state index >= 15 is 0 Å². The summed E-state index contributed by atoms with van der Waals surface area (Å²) in [7, 11) is 0. The highest BCUT2D eigenvalue weighted by molar-refractivity contribution is 7.21. The summed E-state index contributed by atoms with van der Waals surface area (Å²) in [6.07, 6.45) is 4.19. The van der Waals surface area contributed by atoms with E-state index in [1.165, 1.54) is 11.3 Å². The summed E-state index contributed by atoms with van der Waals surface area (Å²) >= 11 is 1.28. The summed E-state index contributed by atoms with van der Waals surface area (Å²) in [5, 5.41) is 6.76. The topological polar surface area (TPSA) is 110 Å². The van der Waals surface area contributed by atoms with E-state index in [2.05, 4.69) is 15.6 Å². The number of pyridine rings is 1. The number of benzene rings is 2. The number of urea groups is 1. The number of aromatic nitrogens is 1. The molecule has 0 bridgehead atoms. The molecule has 0 saturated heterocycles. The Hall–Kier alpha value is -3.95. The van der Waals surface area contributed by atoms with Gasteiger partial charge in [-0.25, -0.2) is 9.78 Å². The average molecular weight is 486 g/mol. The third-order valence-corrected chi connectivity index (χ3v) is 7.43. The molecule has 1 saturated carbocycles. The van der Waals surface area contributed by atoms with Gasteiger partial charge in [0.2, 0.25) is 0 Å². The molecule has 0 spiro atoms. The minimum absolute atomic E-state index is 0.0507. The van der Waals surface area contributed by atoms with Crippen molar-refractivity contribution in [2.24, 2.45) is 5.73 Å². The van der Waals surface area contributed by atoms with Gasteiger partial charge in [0.1, 0.15) is 21.2 Å². The Kier molecular flexibility index (Phi) is 5.35. The van der Waals surface area contributed by atoms with Crippen molar-refractivity contribution in [1.82, 2.24) is 10.3 Å². The van der Waals surface area contributed by atoms with Gasteiger partial charge in [0.05, 0.1) is 22.4 Å². The first-order chi connectivity index (χ1) is 17.1. The van der Waals surface area contributed by atoms with Crippen molar-refractivity contribution < 1.29 is 14.3 Å². The van der Waals surface area contributed by atoms with E-state index in [0.717, 1.165) is 30.4 Å². The van der Waals surface area contributed by atoms with Crippen LogP contribution >= 0.6 is 11.3 Å². The van der Waals surface area contributed by atoms with Crippen molar-refractivity contribution in [3.8, 4) is 11.5 Å². The highest BCUT2D eigenvalue weighted by Crippen LogP contribution is 2.46. The molecule has 1 aliphatic heterocycles. The van der Waals surface area contributed by atoms with E-state index in [0.29, 0.717) is 32.5 Å². The van der Waals surface area contributed by atoms with Gasteiger partial charge in [0.25, 0.3) is 5.91 Å². The van der Waals surface area contributed by atoms with Crippen molar-refractivity contribution in [3.63, 3.8) is 0 Å². The smallest absolute Gasteiger partial charge is 0.331 e. The molecule has 2 aromatic heterocycles. The van der Waals surface area contributed by atoms with Crippen molar-refractivity contribution >= 4 is 50.6 Å². The number of para-hydroxylation sites is 1. The monoisotopic (exact) mass is 485 g/mol. The zero-order valence-corrected chi connectivity index (χ0v) is 19.5. The SMILES string of the molecule is N[C@@H]1CC[C@H](NC(=O)c2sc3nccc4c3c2NC(=O)N4c2ccc(Oc3ccccc3)cc2)C1. The van der Waals surface area contributed by atoms with Crippen LogP contribution in [0, 0.1) is 0 Å². The minimum atomic E-state index is -0.336. The fraction of sp³-hybridized carbons (Fsp3) is 0.192. The third-order valence-electron chi connectivity index (χ3n) is 6.33. The lowest BCUT2D eigenvalue weighted by Crippen LogP contribution is -2.36. The van der Waals surface area contributed by atoms with Crippen LogP contribution in [-0.4, -0.2) is 29.0 Å². The van der Waals surface area contributed by atoms with Crippen LogP contribution in [0.15, 0.2) is 66.9 Å². The summed E-state index contributed by atoms with van der Waals surface area (Å²) in [6, 6.07) is 18.4. The Labute approximate surface area is 205 Å². The fourth-order valence-electron chi connectivity index (χ4n) is 4.69. The van der Waals surface area contributed by atoms with Gasteiger partial charge in [-0.1, -0.05) is 18.2 Å². The summed E-state index contributed by atoms with van der Waals surface area (Å²) in [6.45, 7) is 0. The maximum Gasteiger partial charge on any atom is 0.331 e. The van der Waals surface area contributed by atoms with Crippen LogP contribution in [-0.2, 0) is 0 Å². The molecule has 2 aromatic carbocycles. The molecule has 1 fully saturated rings. The molecule has 35 heavy (non-hydrogen) atoms. The van der Waals surface area contributed by atoms with E-state index in [-0.39, 0.29) is 24.0 Å².